The van der Waals surface area contributed by atoms with Crippen LogP contribution in [0.4, 0.5) is 0 Å². The van der Waals surface area contributed by atoms with Crippen LogP contribution in [0.1, 0.15) is 5.56 Å². The number of rotatable bonds is 2. The summed E-state index contributed by atoms with van der Waals surface area (Å²) in [6, 6.07) is 3.65. The molecule has 0 bridgehead atoms. The zero-order chi connectivity index (χ0) is 7.40. The summed E-state index contributed by atoms with van der Waals surface area (Å²) in [6.07, 6.45) is 3.01. The van der Waals surface area contributed by atoms with Crippen molar-refractivity contribution in [2.45, 2.75) is 6.42 Å². The molecule has 10 heavy (non-hydrogen) atoms. The third kappa shape index (κ3) is 1.92. The largest absolute Gasteiger partial charge is 0.303 e. The Labute approximate surface area is 67.4 Å². The number of carbonyl (C=O) groups excluding carboxylic acids is 1. The number of hydrogen-bond acceptors (Lipinski definition) is 2. The Morgan fingerprint density at radius 1 is 1.70 bits per heavy atom. The quantitative estimate of drug-likeness (QED) is 0.535. The molecular weight excluding hydrogens is 194 g/mol. The van der Waals surface area contributed by atoms with Crippen molar-refractivity contribution in [1.82, 2.24) is 4.98 Å². The van der Waals surface area contributed by atoms with Gasteiger partial charge in [0, 0.05) is 12.6 Å². The number of carbonyl (C=O) groups is 1. The molecule has 0 aliphatic carbocycles. The SMILES string of the molecule is O=CCc1ccnc(Br)c1. The topological polar surface area (TPSA) is 30.0 Å². The predicted octanol–water partition coefficient (Wildman–Crippen LogP) is 1.59. The molecule has 0 aliphatic rings. The molecule has 1 aromatic heterocycles. The first-order chi connectivity index (χ1) is 4.83. The lowest BCUT2D eigenvalue weighted by molar-refractivity contribution is -0.107. The second-order valence-corrected chi connectivity index (χ2v) is 2.67. The average molecular weight is 200 g/mol. The van der Waals surface area contributed by atoms with Gasteiger partial charge in [0.15, 0.2) is 0 Å². The molecule has 0 aliphatic heterocycles. The van der Waals surface area contributed by atoms with Crippen molar-refractivity contribution in [3.05, 3.63) is 28.5 Å². The smallest absolute Gasteiger partial charge is 0.124 e. The van der Waals surface area contributed by atoms with Crippen LogP contribution >= 0.6 is 15.9 Å². The minimum Gasteiger partial charge on any atom is -0.303 e. The van der Waals surface area contributed by atoms with E-state index in [-0.39, 0.29) is 0 Å². The fraction of sp³-hybridized carbons (Fsp3) is 0.143. The number of pyridine rings is 1. The van der Waals surface area contributed by atoms with Gasteiger partial charge in [-0.25, -0.2) is 4.98 Å². The van der Waals surface area contributed by atoms with Crippen LogP contribution in [0.2, 0.25) is 0 Å². The van der Waals surface area contributed by atoms with Gasteiger partial charge < -0.3 is 4.79 Å². The van der Waals surface area contributed by atoms with Crippen LogP contribution in [0.25, 0.3) is 0 Å². The maximum absolute atomic E-state index is 10.0. The highest BCUT2D eigenvalue weighted by Gasteiger charge is 1.91. The van der Waals surface area contributed by atoms with Crippen LogP contribution in [0, 0.1) is 0 Å². The van der Waals surface area contributed by atoms with E-state index in [4.69, 9.17) is 0 Å². The molecule has 0 saturated carbocycles. The van der Waals surface area contributed by atoms with E-state index >= 15 is 0 Å². The van der Waals surface area contributed by atoms with E-state index < -0.39 is 0 Å². The minimum absolute atomic E-state index is 0.459. The van der Waals surface area contributed by atoms with Crippen molar-refractivity contribution >= 4 is 22.2 Å². The van der Waals surface area contributed by atoms with E-state index in [1.54, 1.807) is 6.20 Å². The van der Waals surface area contributed by atoms with E-state index in [1.807, 2.05) is 12.1 Å². The molecule has 3 heteroatoms. The lowest BCUT2D eigenvalue weighted by atomic mass is 10.2. The Balaban J connectivity index is 2.84. The molecule has 0 saturated heterocycles. The molecule has 2 nitrogen and oxygen atoms in total. The number of hydrogen-bond donors (Lipinski definition) is 0. The van der Waals surface area contributed by atoms with E-state index in [1.165, 1.54) is 0 Å². The van der Waals surface area contributed by atoms with Crippen molar-refractivity contribution < 1.29 is 4.79 Å². The summed E-state index contributed by atoms with van der Waals surface area (Å²) in [7, 11) is 0. The fourth-order valence-corrected chi connectivity index (χ4v) is 1.08. The number of aromatic nitrogens is 1. The number of nitrogens with zero attached hydrogens (tertiary/aromatic N) is 1. The Kier molecular flexibility index (Phi) is 2.57. The van der Waals surface area contributed by atoms with Gasteiger partial charge in [0.1, 0.15) is 10.9 Å². The molecule has 0 aromatic carbocycles. The summed E-state index contributed by atoms with van der Waals surface area (Å²) in [4.78, 5) is 14.0. The third-order valence-corrected chi connectivity index (χ3v) is 1.54. The van der Waals surface area contributed by atoms with Gasteiger partial charge in [-0.15, -0.1) is 0 Å². The highest BCUT2D eigenvalue weighted by atomic mass is 79.9. The molecular formula is C7H6BrNO. The maximum atomic E-state index is 10.0. The molecule has 0 radical (unpaired) electrons. The van der Waals surface area contributed by atoms with Gasteiger partial charge in [-0.1, -0.05) is 0 Å². The summed E-state index contributed by atoms with van der Waals surface area (Å²) in [5, 5.41) is 0. The van der Waals surface area contributed by atoms with Gasteiger partial charge in [-0.2, -0.15) is 0 Å². The van der Waals surface area contributed by atoms with Crippen LogP contribution in [0.15, 0.2) is 22.9 Å². The Morgan fingerprint density at radius 3 is 3.10 bits per heavy atom. The maximum Gasteiger partial charge on any atom is 0.124 e. The molecule has 0 atom stereocenters. The zero-order valence-electron chi connectivity index (χ0n) is 5.25. The average Bonchev–Trinajstić information content (AvgIpc) is 1.88. The van der Waals surface area contributed by atoms with Crippen LogP contribution in [0.5, 0.6) is 0 Å². The normalized spacial score (nSPS) is 9.30. The zero-order valence-corrected chi connectivity index (χ0v) is 6.84. The van der Waals surface area contributed by atoms with Crippen molar-refractivity contribution in [2.75, 3.05) is 0 Å². The summed E-state index contributed by atoms with van der Waals surface area (Å²) in [5.74, 6) is 0. The third-order valence-electron chi connectivity index (χ3n) is 1.11. The molecule has 1 rings (SSSR count). The highest BCUT2D eigenvalue weighted by molar-refractivity contribution is 9.10. The van der Waals surface area contributed by atoms with Crippen molar-refractivity contribution in [1.29, 1.82) is 0 Å². The fourth-order valence-electron chi connectivity index (χ4n) is 0.666. The van der Waals surface area contributed by atoms with Crippen molar-refractivity contribution in [3.8, 4) is 0 Å². The second-order valence-electron chi connectivity index (χ2n) is 1.86. The molecule has 1 aromatic rings. The van der Waals surface area contributed by atoms with Gasteiger partial charge in [0.25, 0.3) is 0 Å². The van der Waals surface area contributed by atoms with E-state index in [0.717, 1.165) is 16.5 Å². The standard InChI is InChI=1S/C7H6BrNO/c8-7-5-6(2-4-10)1-3-9-7/h1,3-5H,2H2. The predicted molar refractivity (Wildman–Crippen MR) is 41.7 cm³/mol. The Hall–Kier alpha value is -0.700. The van der Waals surface area contributed by atoms with Gasteiger partial charge >= 0.3 is 0 Å². The second kappa shape index (κ2) is 3.46. The summed E-state index contributed by atoms with van der Waals surface area (Å²) < 4.78 is 0.770. The molecule has 1 heterocycles. The first-order valence-corrected chi connectivity index (χ1v) is 3.66. The van der Waals surface area contributed by atoms with Gasteiger partial charge in [0.05, 0.1) is 0 Å². The first kappa shape index (κ1) is 7.41. The van der Waals surface area contributed by atoms with Gasteiger partial charge in [-0.05, 0) is 33.6 Å². The number of aldehydes is 1. The van der Waals surface area contributed by atoms with E-state index in [9.17, 15) is 4.79 Å². The van der Waals surface area contributed by atoms with Gasteiger partial charge in [-0.3, -0.25) is 0 Å². The Bertz CT molecular complexity index is 237. The lowest BCUT2D eigenvalue weighted by Gasteiger charge is -1.92. The Morgan fingerprint density at radius 2 is 2.50 bits per heavy atom. The highest BCUT2D eigenvalue weighted by Crippen LogP contribution is 2.07. The molecule has 0 N–H and O–H groups in total. The van der Waals surface area contributed by atoms with Crippen LogP contribution in [0.3, 0.4) is 0 Å². The molecule has 0 unspecified atom stereocenters. The lowest BCUT2D eigenvalue weighted by Crippen LogP contribution is -1.85. The van der Waals surface area contributed by atoms with E-state index in [0.29, 0.717) is 6.42 Å². The molecule has 0 amide bonds. The molecule has 0 spiro atoms. The van der Waals surface area contributed by atoms with Gasteiger partial charge in [0.2, 0.25) is 0 Å². The monoisotopic (exact) mass is 199 g/mol. The van der Waals surface area contributed by atoms with Crippen LogP contribution < -0.4 is 0 Å². The minimum atomic E-state index is 0.459. The summed E-state index contributed by atoms with van der Waals surface area (Å²) in [6.45, 7) is 0. The summed E-state index contributed by atoms with van der Waals surface area (Å²) >= 11 is 3.21. The molecule has 0 fully saturated rings. The first-order valence-electron chi connectivity index (χ1n) is 2.87. The van der Waals surface area contributed by atoms with Crippen molar-refractivity contribution in [3.63, 3.8) is 0 Å². The van der Waals surface area contributed by atoms with Crippen molar-refractivity contribution in [2.24, 2.45) is 0 Å². The molecule has 52 valence electrons. The summed E-state index contributed by atoms with van der Waals surface area (Å²) in [5.41, 5.74) is 0.983. The van der Waals surface area contributed by atoms with Crippen LogP contribution in [-0.2, 0) is 11.2 Å². The van der Waals surface area contributed by atoms with E-state index in [2.05, 4.69) is 20.9 Å². The number of halogens is 1. The van der Waals surface area contributed by atoms with Crippen LogP contribution in [-0.4, -0.2) is 11.3 Å².